The second-order valence-electron chi connectivity index (χ2n) is 6.83. The number of aromatic nitrogens is 6. The predicted octanol–water partition coefficient (Wildman–Crippen LogP) is 2.82. The molecule has 9 nitrogen and oxygen atoms in total. The summed E-state index contributed by atoms with van der Waals surface area (Å²) in [7, 11) is 0. The van der Waals surface area contributed by atoms with E-state index < -0.39 is 5.60 Å². The van der Waals surface area contributed by atoms with Gasteiger partial charge in [-0.2, -0.15) is 19.8 Å². The van der Waals surface area contributed by atoms with Crippen molar-refractivity contribution in [2.24, 2.45) is 0 Å². The molecule has 3 rings (SSSR count). The normalized spacial score (nSPS) is 21.4. The van der Waals surface area contributed by atoms with Crippen LogP contribution >= 0.6 is 31.9 Å². The number of carbonyl (C=O) groups is 1. The maximum absolute atomic E-state index is 12.4. The maximum atomic E-state index is 12.4. The lowest BCUT2D eigenvalue weighted by Crippen LogP contribution is -2.47. The van der Waals surface area contributed by atoms with Crippen LogP contribution in [0.25, 0.3) is 0 Å². The number of piperidine rings is 1. The minimum atomic E-state index is -0.537. The van der Waals surface area contributed by atoms with Gasteiger partial charge in [-0.25, -0.2) is 4.79 Å². The van der Waals surface area contributed by atoms with E-state index in [0.29, 0.717) is 28.7 Å². The topological polar surface area (TPSA) is 91.0 Å². The Balaban J connectivity index is 1.84. The molecule has 0 N–H and O–H groups in total. The average Bonchev–Trinajstić information content (AvgIpc) is 3.13. The number of hydrogen-bond donors (Lipinski definition) is 0. The predicted molar refractivity (Wildman–Crippen MR) is 95.9 cm³/mol. The highest BCUT2D eigenvalue weighted by molar-refractivity contribution is 9.10. The number of likely N-dealkylation sites (tertiary alicyclic amines) is 1. The minimum absolute atomic E-state index is 0.0655. The largest absolute Gasteiger partial charge is 0.444 e. The van der Waals surface area contributed by atoms with E-state index in [1.807, 2.05) is 20.8 Å². The zero-order chi connectivity index (χ0) is 18.2. The van der Waals surface area contributed by atoms with Crippen LogP contribution in [0.1, 0.15) is 39.3 Å². The number of ether oxygens (including phenoxy) is 1. The van der Waals surface area contributed by atoms with Gasteiger partial charge in [-0.05, 0) is 59.1 Å². The van der Waals surface area contributed by atoms with Crippen LogP contribution in [-0.2, 0) is 4.74 Å². The third-order valence-electron chi connectivity index (χ3n) is 3.75. The number of hydrogen-bond acceptors (Lipinski definition) is 6. The fourth-order valence-corrected chi connectivity index (χ4v) is 3.25. The van der Waals surface area contributed by atoms with Gasteiger partial charge in [0.1, 0.15) is 20.8 Å². The number of halogens is 2. The maximum Gasteiger partial charge on any atom is 0.410 e. The smallest absolute Gasteiger partial charge is 0.410 e. The summed E-state index contributed by atoms with van der Waals surface area (Å²) in [6.45, 7) is 6.53. The molecule has 1 aliphatic heterocycles. The van der Waals surface area contributed by atoms with E-state index in [1.165, 1.54) is 0 Å². The lowest BCUT2D eigenvalue weighted by Gasteiger charge is -2.37. The van der Waals surface area contributed by atoms with Crippen molar-refractivity contribution in [2.75, 3.05) is 13.1 Å². The number of nitrogens with zero attached hydrogens (tertiary/aromatic N) is 7. The van der Waals surface area contributed by atoms with Crippen LogP contribution in [0.5, 0.6) is 0 Å². The van der Waals surface area contributed by atoms with E-state index in [4.69, 9.17) is 4.74 Å². The molecule has 0 saturated carbocycles. The first-order chi connectivity index (χ1) is 11.7. The molecule has 1 aliphatic rings. The van der Waals surface area contributed by atoms with Crippen molar-refractivity contribution in [1.82, 2.24) is 34.9 Å². The molecule has 0 bridgehead atoms. The van der Waals surface area contributed by atoms with Crippen LogP contribution in [0.4, 0.5) is 4.79 Å². The van der Waals surface area contributed by atoms with Gasteiger partial charge in [0.2, 0.25) is 0 Å². The molecule has 0 aromatic carbocycles. The van der Waals surface area contributed by atoms with Crippen LogP contribution in [0.15, 0.2) is 21.6 Å². The Kier molecular flexibility index (Phi) is 5.14. The molecule has 0 spiro atoms. The Morgan fingerprint density at radius 1 is 1.12 bits per heavy atom. The SMILES string of the molecule is CC(C)(C)OC(=O)N1CCC(n2ncc(Br)n2)C(n2ncc(Br)n2)C1. The van der Waals surface area contributed by atoms with Gasteiger partial charge in [0.15, 0.2) is 0 Å². The summed E-state index contributed by atoms with van der Waals surface area (Å²) in [6.07, 6.45) is 3.60. The minimum Gasteiger partial charge on any atom is -0.444 e. The molecule has 0 aliphatic carbocycles. The molecule has 3 heterocycles. The molecular weight excluding hydrogens is 458 g/mol. The van der Waals surface area contributed by atoms with E-state index >= 15 is 0 Å². The molecule has 11 heteroatoms. The standard InChI is InChI=1S/C14H19Br2N7O2/c1-14(2,3)25-13(24)21-5-4-9(22-17-6-11(15)19-22)10(8-21)23-18-7-12(16)20-23/h6-7,9-10H,4-5,8H2,1-3H3. The van der Waals surface area contributed by atoms with E-state index in [9.17, 15) is 4.79 Å². The Morgan fingerprint density at radius 2 is 1.68 bits per heavy atom. The molecular formula is C14H19Br2N7O2. The van der Waals surface area contributed by atoms with Gasteiger partial charge in [-0.1, -0.05) is 0 Å². The van der Waals surface area contributed by atoms with Gasteiger partial charge in [-0.15, -0.1) is 10.2 Å². The summed E-state index contributed by atoms with van der Waals surface area (Å²) < 4.78 is 6.79. The summed E-state index contributed by atoms with van der Waals surface area (Å²) >= 11 is 6.64. The summed E-state index contributed by atoms with van der Waals surface area (Å²) in [5.41, 5.74) is -0.537. The van der Waals surface area contributed by atoms with Crippen molar-refractivity contribution in [3.63, 3.8) is 0 Å². The van der Waals surface area contributed by atoms with Crippen LogP contribution < -0.4 is 0 Å². The monoisotopic (exact) mass is 475 g/mol. The third-order valence-corrected chi connectivity index (χ3v) is 4.48. The number of amides is 1. The highest BCUT2D eigenvalue weighted by atomic mass is 79.9. The number of carbonyl (C=O) groups excluding carboxylic acids is 1. The number of rotatable bonds is 2. The Morgan fingerprint density at radius 3 is 2.16 bits per heavy atom. The second-order valence-corrected chi connectivity index (χ2v) is 8.45. The van der Waals surface area contributed by atoms with Gasteiger partial charge in [0.25, 0.3) is 0 Å². The van der Waals surface area contributed by atoms with Crippen molar-refractivity contribution >= 4 is 38.0 Å². The van der Waals surface area contributed by atoms with Crippen molar-refractivity contribution in [3.05, 3.63) is 21.6 Å². The Bertz CT molecular complexity index is 754. The first-order valence-electron chi connectivity index (χ1n) is 7.85. The summed E-state index contributed by atoms with van der Waals surface area (Å²) in [5, 5.41) is 17.3. The lowest BCUT2D eigenvalue weighted by molar-refractivity contribution is 0.00835. The van der Waals surface area contributed by atoms with Gasteiger partial charge >= 0.3 is 6.09 Å². The lowest BCUT2D eigenvalue weighted by atomic mass is 10.0. The summed E-state index contributed by atoms with van der Waals surface area (Å²) in [4.78, 5) is 17.4. The highest BCUT2D eigenvalue weighted by Crippen LogP contribution is 2.31. The van der Waals surface area contributed by atoms with Gasteiger partial charge in [0, 0.05) is 6.54 Å². The third kappa shape index (κ3) is 4.38. The highest BCUT2D eigenvalue weighted by Gasteiger charge is 2.37. The Hall–Kier alpha value is -1.49. The quantitative estimate of drug-likeness (QED) is 0.661. The average molecular weight is 477 g/mol. The fourth-order valence-electron chi connectivity index (χ4n) is 2.74. The van der Waals surface area contributed by atoms with Crippen LogP contribution in [0.2, 0.25) is 0 Å². The van der Waals surface area contributed by atoms with E-state index in [1.54, 1.807) is 26.9 Å². The van der Waals surface area contributed by atoms with E-state index in [-0.39, 0.29) is 18.2 Å². The van der Waals surface area contributed by atoms with Crippen molar-refractivity contribution in [1.29, 1.82) is 0 Å². The molecule has 136 valence electrons. The fraction of sp³-hybridized carbons (Fsp3) is 0.643. The second kappa shape index (κ2) is 7.02. The van der Waals surface area contributed by atoms with Crippen LogP contribution in [0.3, 0.4) is 0 Å². The molecule has 1 amide bonds. The first kappa shape index (κ1) is 18.3. The van der Waals surface area contributed by atoms with Gasteiger partial charge in [-0.3, -0.25) is 0 Å². The van der Waals surface area contributed by atoms with Crippen molar-refractivity contribution < 1.29 is 9.53 Å². The van der Waals surface area contributed by atoms with Gasteiger partial charge < -0.3 is 9.64 Å². The molecule has 25 heavy (non-hydrogen) atoms. The van der Waals surface area contributed by atoms with Gasteiger partial charge in [0.05, 0.1) is 25.0 Å². The zero-order valence-corrected chi connectivity index (χ0v) is 17.3. The molecule has 2 unspecified atom stereocenters. The summed E-state index contributed by atoms with van der Waals surface area (Å²) in [6, 6.07) is -0.267. The molecule has 1 fully saturated rings. The summed E-state index contributed by atoms with van der Waals surface area (Å²) in [5.74, 6) is 0. The molecule has 1 saturated heterocycles. The molecule has 2 atom stereocenters. The van der Waals surface area contributed by atoms with E-state index in [2.05, 4.69) is 52.3 Å². The molecule has 0 radical (unpaired) electrons. The van der Waals surface area contributed by atoms with E-state index in [0.717, 1.165) is 0 Å². The Labute approximate surface area is 161 Å². The molecule has 2 aromatic heterocycles. The molecule has 2 aromatic rings. The first-order valence-corrected chi connectivity index (χ1v) is 9.44. The van der Waals surface area contributed by atoms with Crippen LogP contribution in [-0.4, -0.2) is 59.7 Å². The van der Waals surface area contributed by atoms with Crippen molar-refractivity contribution in [2.45, 2.75) is 44.9 Å². The zero-order valence-electron chi connectivity index (χ0n) is 14.1. The van der Waals surface area contributed by atoms with Crippen LogP contribution in [0, 0.1) is 0 Å². The van der Waals surface area contributed by atoms with Crippen molar-refractivity contribution in [3.8, 4) is 0 Å².